The Morgan fingerprint density at radius 2 is 2.33 bits per heavy atom. The third-order valence-corrected chi connectivity index (χ3v) is 2.69. The Hall–Kier alpha value is -0.770. The molecule has 1 heterocycles. The van der Waals surface area contributed by atoms with Crippen molar-refractivity contribution in [2.45, 2.75) is 39.2 Å². The summed E-state index contributed by atoms with van der Waals surface area (Å²) < 4.78 is 5.17. The van der Waals surface area contributed by atoms with Crippen LogP contribution >= 0.6 is 0 Å². The van der Waals surface area contributed by atoms with E-state index in [0.29, 0.717) is 12.5 Å². The van der Waals surface area contributed by atoms with E-state index in [1.807, 2.05) is 18.7 Å². The van der Waals surface area contributed by atoms with E-state index >= 15 is 0 Å². The third-order valence-electron chi connectivity index (χ3n) is 2.69. The van der Waals surface area contributed by atoms with Gasteiger partial charge in [-0.1, -0.05) is 0 Å². The van der Waals surface area contributed by atoms with Crippen LogP contribution in [0.25, 0.3) is 0 Å². The van der Waals surface area contributed by atoms with E-state index in [2.05, 4.69) is 0 Å². The quantitative estimate of drug-likeness (QED) is 0.776. The van der Waals surface area contributed by atoms with Gasteiger partial charge in [0.15, 0.2) is 0 Å². The van der Waals surface area contributed by atoms with Crippen molar-refractivity contribution in [2.24, 2.45) is 11.7 Å². The Balaban J connectivity index is 2.38. The predicted molar refractivity (Wildman–Crippen MR) is 59.6 cm³/mol. The molecular weight excluding hydrogens is 192 g/mol. The van der Waals surface area contributed by atoms with Crippen molar-refractivity contribution in [3.05, 3.63) is 0 Å². The number of nitrogens with two attached hydrogens (primary N) is 1. The number of hydrogen-bond acceptors (Lipinski definition) is 3. The monoisotopic (exact) mass is 214 g/mol. The second-order valence-electron chi connectivity index (χ2n) is 4.46. The Kier molecular flexibility index (Phi) is 4.88. The molecule has 1 fully saturated rings. The van der Waals surface area contributed by atoms with Crippen LogP contribution in [0.1, 0.15) is 33.1 Å². The highest BCUT2D eigenvalue weighted by Crippen LogP contribution is 2.19. The van der Waals surface area contributed by atoms with Crippen molar-refractivity contribution in [3.8, 4) is 0 Å². The van der Waals surface area contributed by atoms with Crippen LogP contribution in [0.3, 0.4) is 0 Å². The first-order chi connectivity index (χ1) is 7.13. The normalized spacial score (nSPS) is 21.9. The molecule has 1 atom stereocenters. The van der Waals surface area contributed by atoms with Crippen LogP contribution in [0.5, 0.6) is 0 Å². The van der Waals surface area contributed by atoms with E-state index in [-0.39, 0.29) is 12.2 Å². The van der Waals surface area contributed by atoms with Gasteiger partial charge in [-0.2, -0.15) is 0 Å². The molecule has 2 N–H and O–H groups in total. The second-order valence-corrected chi connectivity index (χ2v) is 4.46. The van der Waals surface area contributed by atoms with Crippen molar-refractivity contribution < 1.29 is 9.53 Å². The average molecular weight is 214 g/mol. The molecule has 0 aliphatic carbocycles. The number of carbonyl (C=O) groups is 1. The minimum absolute atomic E-state index is 0.0348. The lowest BCUT2D eigenvalue weighted by Gasteiger charge is -2.32. The summed E-state index contributed by atoms with van der Waals surface area (Å²) in [6.07, 6.45) is 3.05. The summed E-state index contributed by atoms with van der Waals surface area (Å²) in [7, 11) is 0. The summed E-state index contributed by atoms with van der Waals surface area (Å²) in [5.74, 6) is 0.559. The molecule has 88 valence electrons. The molecule has 0 aromatic heterocycles. The van der Waals surface area contributed by atoms with Crippen molar-refractivity contribution >= 4 is 6.09 Å². The highest BCUT2D eigenvalue weighted by Gasteiger charge is 2.24. The molecule has 1 rings (SSSR count). The Bertz CT molecular complexity index is 205. The lowest BCUT2D eigenvalue weighted by atomic mass is 9.95. The third kappa shape index (κ3) is 4.08. The summed E-state index contributed by atoms with van der Waals surface area (Å²) in [5, 5.41) is 0. The molecule has 4 heteroatoms. The Morgan fingerprint density at radius 3 is 2.93 bits per heavy atom. The first-order valence-corrected chi connectivity index (χ1v) is 5.79. The number of ether oxygens (including phenoxy) is 1. The maximum Gasteiger partial charge on any atom is 0.410 e. The van der Waals surface area contributed by atoms with Crippen LogP contribution in [0.4, 0.5) is 4.79 Å². The molecule has 0 saturated carbocycles. The van der Waals surface area contributed by atoms with Gasteiger partial charge in [0.1, 0.15) is 0 Å². The van der Waals surface area contributed by atoms with Gasteiger partial charge in [-0.15, -0.1) is 0 Å². The van der Waals surface area contributed by atoms with Gasteiger partial charge in [0, 0.05) is 13.1 Å². The number of nitrogens with zero attached hydrogens (tertiary/aromatic N) is 1. The fourth-order valence-electron chi connectivity index (χ4n) is 1.98. The lowest BCUT2D eigenvalue weighted by Crippen LogP contribution is -2.41. The summed E-state index contributed by atoms with van der Waals surface area (Å²) in [6, 6.07) is 0. The van der Waals surface area contributed by atoms with E-state index in [4.69, 9.17) is 10.5 Å². The van der Waals surface area contributed by atoms with Gasteiger partial charge in [0.2, 0.25) is 0 Å². The summed E-state index contributed by atoms with van der Waals surface area (Å²) in [5.41, 5.74) is 5.53. The minimum atomic E-state index is -0.174. The summed E-state index contributed by atoms with van der Waals surface area (Å²) in [6.45, 7) is 6.09. The number of carbonyl (C=O) groups excluding carboxylic acids is 1. The van der Waals surface area contributed by atoms with E-state index in [1.54, 1.807) is 0 Å². The number of amides is 1. The van der Waals surface area contributed by atoms with Gasteiger partial charge in [-0.3, -0.25) is 0 Å². The van der Waals surface area contributed by atoms with Gasteiger partial charge in [0.25, 0.3) is 0 Å². The van der Waals surface area contributed by atoms with E-state index in [0.717, 1.165) is 25.9 Å². The van der Waals surface area contributed by atoms with Crippen molar-refractivity contribution in [1.82, 2.24) is 4.90 Å². The number of piperidine rings is 1. The summed E-state index contributed by atoms with van der Waals surface area (Å²) >= 11 is 0. The van der Waals surface area contributed by atoms with Crippen molar-refractivity contribution in [3.63, 3.8) is 0 Å². The maximum atomic E-state index is 11.6. The molecule has 1 aliphatic rings. The molecule has 1 amide bonds. The zero-order valence-corrected chi connectivity index (χ0v) is 9.74. The van der Waals surface area contributed by atoms with E-state index < -0.39 is 0 Å². The second kappa shape index (κ2) is 5.95. The SMILES string of the molecule is CC(C)OC(=O)N1CCCC(CCN)C1. The van der Waals surface area contributed by atoms with Crippen LogP contribution in [-0.4, -0.2) is 36.7 Å². The topological polar surface area (TPSA) is 55.6 Å². The van der Waals surface area contributed by atoms with Gasteiger partial charge in [0.05, 0.1) is 6.10 Å². The van der Waals surface area contributed by atoms with Crippen molar-refractivity contribution in [1.29, 1.82) is 0 Å². The zero-order chi connectivity index (χ0) is 11.3. The molecule has 1 saturated heterocycles. The van der Waals surface area contributed by atoms with Crippen LogP contribution in [-0.2, 0) is 4.74 Å². The standard InChI is InChI=1S/C11H22N2O2/c1-9(2)15-11(14)13-7-3-4-10(8-13)5-6-12/h9-10H,3-8,12H2,1-2H3. The van der Waals surface area contributed by atoms with Crippen molar-refractivity contribution in [2.75, 3.05) is 19.6 Å². The molecule has 0 bridgehead atoms. The van der Waals surface area contributed by atoms with Crippen LogP contribution in [0.2, 0.25) is 0 Å². The molecule has 4 nitrogen and oxygen atoms in total. The smallest absolute Gasteiger partial charge is 0.410 e. The summed E-state index contributed by atoms with van der Waals surface area (Å²) in [4.78, 5) is 13.4. The molecule has 0 aromatic carbocycles. The fraction of sp³-hybridized carbons (Fsp3) is 0.909. The van der Waals surface area contributed by atoms with Crippen LogP contribution in [0.15, 0.2) is 0 Å². The number of likely N-dealkylation sites (tertiary alicyclic amines) is 1. The number of rotatable bonds is 3. The lowest BCUT2D eigenvalue weighted by molar-refractivity contribution is 0.0620. The van der Waals surface area contributed by atoms with Crippen LogP contribution in [0, 0.1) is 5.92 Å². The van der Waals surface area contributed by atoms with Gasteiger partial charge < -0.3 is 15.4 Å². The fourth-order valence-corrected chi connectivity index (χ4v) is 1.98. The van der Waals surface area contributed by atoms with Crippen LogP contribution < -0.4 is 5.73 Å². The molecular formula is C11H22N2O2. The molecule has 15 heavy (non-hydrogen) atoms. The molecule has 0 radical (unpaired) electrons. The first kappa shape index (κ1) is 12.3. The first-order valence-electron chi connectivity index (χ1n) is 5.79. The zero-order valence-electron chi connectivity index (χ0n) is 9.74. The average Bonchev–Trinajstić information content (AvgIpc) is 2.17. The maximum absolute atomic E-state index is 11.6. The number of hydrogen-bond donors (Lipinski definition) is 1. The molecule has 0 spiro atoms. The van der Waals surface area contributed by atoms with Gasteiger partial charge in [-0.05, 0) is 45.6 Å². The largest absolute Gasteiger partial charge is 0.447 e. The van der Waals surface area contributed by atoms with E-state index in [1.165, 1.54) is 6.42 Å². The highest BCUT2D eigenvalue weighted by atomic mass is 16.6. The molecule has 1 aliphatic heterocycles. The Morgan fingerprint density at radius 1 is 1.60 bits per heavy atom. The highest BCUT2D eigenvalue weighted by molar-refractivity contribution is 5.67. The van der Waals surface area contributed by atoms with Gasteiger partial charge >= 0.3 is 6.09 Å². The minimum Gasteiger partial charge on any atom is -0.447 e. The Labute approximate surface area is 91.8 Å². The molecule has 1 unspecified atom stereocenters. The molecule has 0 aromatic rings. The van der Waals surface area contributed by atoms with Gasteiger partial charge in [-0.25, -0.2) is 4.79 Å². The predicted octanol–water partition coefficient (Wildman–Crippen LogP) is 1.59. The van der Waals surface area contributed by atoms with E-state index in [9.17, 15) is 4.79 Å².